The number of ether oxygens (including phenoxy) is 5. The van der Waals surface area contributed by atoms with Crippen LogP contribution in [0.1, 0.15) is 68.3 Å². The molecule has 11 nitrogen and oxygen atoms in total. The number of anilines is 1. The molecule has 0 aromatic heterocycles. The number of hydrogen-bond donors (Lipinski definition) is 5. The lowest BCUT2D eigenvalue weighted by Crippen LogP contribution is -2.38. The molecule has 0 aliphatic carbocycles. The van der Waals surface area contributed by atoms with Gasteiger partial charge in [0.15, 0.2) is 11.5 Å². The first-order valence-electron chi connectivity index (χ1n) is 16.3. The largest absolute Gasteiger partial charge is 0.496 e. The van der Waals surface area contributed by atoms with Crippen molar-refractivity contribution < 1.29 is 43.8 Å². The Morgan fingerprint density at radius 1 is 0.680 bits per heavy atom. The monoisotopic (exact) mass is 684 g/mol. The first-order chi connectivity index (χ1) is 24.3. The number of aryl methyl sites for hydroxylation is 1. The van der Waals surface area contributed by atoms with E-state index in [0.29, 0.717) is 77.1 Å². The summed E-state index contributed by atoms with van der Waals surface area (Å²) in [7, 11) is 4.66. The lowest BCUT2D eigenvalue weighted by molar-refractivity contribution is 0.0935. The van der Waals surface area contributed by atoms with Gasteiger partial charge in [-0.25, -0.2) is 0 Å². The van der Waals surface area contributed by atoms with Crippen molar-refractivity contribution in [2.45, 2.75) is 45.8 Å². The molecule has 50 heavy (non-hydrogen) atoms. The van der Waals surface area contributed by atoms with Gasteiger partial charge >= 0.3 is 0 Å². The summed E-state index contributed by atoms with van der Waals surface area (Å²) in [5.74, 6) is 2.45. The van der Waals surface area contributed by atoms with Crippen LogP contribution in [-0.2, 0) is 19.8 Å². The molecule has 4 aromatic carbocycles. The van der Waals surface area contributed by atoms with Crippen LogP contribution < -0.4 is 34.3 Å². The number of rotatable bonds is 16. The Hall–Kier alpha value is -5.23. The minimum Gasteiger partial charge on any atom is -0.496 e. The first kappa shape index (κ1) is 36.1. The van der Waals surface area contributed by atoms with Crippen LogP contribution in [0.2, 0.25) is 0 Å². The molecule has 4 aromatic rings. The molecule has 1 amide bonds. The Labute approximate surface area is 292 Å². The van der Waals surface area contributed by atoms with Gasteiger partial charge in [0.25, 0.3) is 5.91 Å². The fourth-order valence-electron chi connectivity index (χ4n) is 5.80. The molecule has 0 radical (unpaired) electrons. The summed E-state index contributed by atoms with van der Waals surface area (Å²) >= 11 is 0. The van der Waals surface area contributed by atoms with Crippen molar-refractivity contribution in [2.75, 3.05) is 39.9 Å². The summed E-state index contributed by atoms with van der Waals surface area (Å²) in [5.41, 5.74) is 6.57. The van der Waals surface area contributed by atoms with Gasteiger partial charge in [0.05, 0.1) is 59.9 Å². The number of hydrogen-bond acceptors (Lipinski definition) is 10. The van der Waals surface area contributed by atoms with Crippen molar-refractivity contribution in [3.8, 4) is 28.7 Å². The lowest BCUT2D eigenvalue weighted by Gasteiger charge is -2.29. The quantitative estimate of drug-likeness (QED) is 0.0729. The molecule has 11 heteroatoms. The fourth-order valence-corrected chi connectivity index (χ4v) is 5.80. The van der Waals surface area contributed by atoms with E-state index in [-0.39, 0.29) is 25.7 Å². The van der Waals surface area contributed by atoms with Gasteiger partial charge in [-0.1, -0.05) is 29.8 Å². The van der Waals surface area contributed by atoms with Gasteiger partial charge in [0.2, 0.25) is 5.75 Å². The molecule has 1 aliphatic rings. The summed E-state index contributed by atoms with van der Waals surface area (Å²) in [6.45, 7) is 2.10. The van der Waals surface area contributed by atoms with E-state index in [0.717, 1.165) is 27.9 Å². The standard InChI is InChI=1S/C39H44N2O9/c1-24-7-11-32-30(15-24)39(45)41-38(40-32)27-10-12-33(29(20-27)22-43)49-13-5-6-14-50-37-35(47-3)18-26(19-36(37)48-4)9-8-25-16-28(21-42)31(23-44)34(17-25)46-2/h7-12,15-20,38,40,42-44H,5-6,13-14,21-23H2,1-4H3,(H,41,45). The number of carbonyl (C=O) groups excluding carboxylic acids is 1. The molecule has 264 valence electrons. The third kappa shape index (κ3) is 8.31. The highest BCUT2D eigenvalue weighted by Crippen LogP contribution is 2.39. The third-order valence-electron chi connectivity index (χ3n) is 8.45. The summed E-state index contributed by atoms with van der Waals surface area (Å²) < 4.78 is 28.8. The smallest absolute Gasteiger partial charge is 0.255 e. The Kier molecular flexibility index (Phi) is 12.2. The van der Waals surface area contributed by atoms with E-state index in [1.807, 2.05) is 67.6 Å². The third-order valence-corrected chi connectivity index (χ3v) is 8.45. The van der Waals surface area contributed by atoms with Crippen molar-refractivity contribution in [3.63, 3.8) is 0 Å². The van der Waals surface area contributed by atoms with Crippen molar-refractivity contribution in [1.29, 1.82) is 0 Å². The zero-order valence-corrected chi connectivity index (χ0v) is 28.7. The number of benzene rings is 4. The van der Waals surface area contributed by atoms with Gasteiger partial charge in [-0.3, -0.25) is 4.79 Å². The van der Waals surface area contributed by atoms with E-state index >= 15 is 0 Å². The number of nitrogens with one attached hydrogen (secondary N) is 2. The molecule has 0 bridgehead atoms. The second kappa shape index (κ2) is 16.9. The Morgan fingerprint density at radius 2 is 1.32 bits per heavy atom. The van der Waals surface area contributed by atoms with Gasteiger partial charge < -0.3 is 49.6 Å². The number of unbranched alkanes of at least 4 members (excludes halogenated alkanes) is 1. The van der Waals surface area contributed by atoms with Crippen LogP contribution in [0.4, 0.5) is 5.69 Å². The average molecular weight is 685 g/mol. The van der Waals surface area contributed by atoms with Crippen LogP contribution in [0, 0.1) is 6.92 Å². The SMILES string of the molecule is COc1cc(C=Cc2cc(OC)c(OCCCCOc3ccc(C4NC(=O)c5cc(C)ccc5N4)cc3CO)c(OC)c2)cc(CO)c1CO. The molecule has 1 aliphatic heterocycles. The second-order valence-electron chi connectivity index (χ2n) is 11.8. The molecule has 1 atom stereocenters. The maximum Gasteiger partial charge on any atom is 0.255 e. The molecule has 0 saturated heterocycles. The van der Waals surface area contributed by atoms with Crippen molar-refractivity contribution in [3.05, 3.63) is 105 Å². The van der Waals surface area contributed by atoms with Gasteiger partial charge in [-0.2, -0.15) is 0 Å². The minimum absolute atomic E-state index is 0.149. The van der Waals surface area contributed by atoms with Crippen LogP contribution in [0.25, 0.3) is 12.2 Å². The van der Waals surface area contributed by atoms with E-state index in [1.54, 1.807) is 26.4 Å². The van der Waals surface area contributed by atoms with Crippen LogP contribution in [-0.4, -0.2) is 55.8 Å². The zero-order chi connectivity index (χ0) is 35.6. The zero-order valence-electron chi connectivity index (χ0n) is 28.7. The maximum absolute atomic E-state index is 12.7. The number of aliphatic hydroxyl groups is 3. The van der Waals surface area contributed by atoms with Gasteiger partial charge in [0.1, 0.15) is 17.7 Å². The van der Waals surface area contributed by atoms with E-state index in [4.69, 9.17) is 23.7 Å². The molecule has 1 heterocycles. The number of aliphatic hydroxyl groups excluding tert-OH is 3. The van der Waals surface area contributed by atoms with E-state index in [1.165, 1.54) is 7.11 Å². The highest BCUT2D eigenvalue weighted by atomic mass is 16.5. The number of amides is 1. The Bertz CT molecular complexity index is 1790. The van der Waals surface area contributed by atoms with Gasteiger partial charge in [-0.15, -0.1) is 0 Å². The molecule has 0 fully saturated rings. The van der Waals surface area contributed by atoms with Crippen molar-refractivity contribution in [1.82, 2.24) is 5.32 Å². The van der Waals surface area contributed by atoms with Crippen LogP contribution in [0.5, 0.6) is 28.7 Å². The average Bonchev–Trinajstić information content (AvgIpc) is 3.14. The normalized spacial score (nSPS) is 13.7. The van der Waals surface area contributed by atoms with Crippen LogP contribution in [0.3, 0.4) is 0 Å². The molecule has 5 N–H and O–H groups in total. The molecule has 5 rings (SSSR count). The predicted octanol–water partition coefficient (Wildman–Crippen LogP) is 5.76. The fraction of sp³-hybridized carbons (Fsp3) is 0.308. The highest BCUT2D eigenvalue weighted by molar-refractivity contribution is 6.01. The van der Waals surface area contributed by atoms with Crippen molar-refractivity contribution >= 4 is 23.7 Å². The first-order valence-corrected chi connectivity index (χ1v) is 16.3. The molecule has 1 unspecified atom stereocenters. The Balaban J connectivity index is 1.16. The summed E-state index contributed by atoms with van der Waals surface area (Å²) in [6, 6.07) is 18.5. The Morgan fingerprint density at radius 3 is 1.96 bits per heavy atom. The summed E-state index contributed by atoms with van der Waals surface area (Å²) in [6.07, 6.45) is 4.72. The predicted molar refractivity (Wildman–Crippen MR) is 191 cm³/mol. The van der Waals surface area contributed by atoms with E-state index < -0.39 is 6.17 Å². The van der Waals surface area contributed by atoms with Crippen LogP contribution in [0.15, 0.2) is 60.7 Å². The van der Waals surface area contributed by atoms with E-state index in [9.17, 15) is 20.1 Å². The van der Waals surface area contributed by atoms with Gasteiger partial charge in [0, 0.05) is 16.8 Å². The molecular formula is C39H44N2O9. The maximum atomic E-state index is 12.7. The van der Waals surface area contributed by atoms with Crippen LogP contribution >= 0.6 is 0 Å². The number of methoxy groups -OCH3 is 3. The molecule has 0 spiro atoms. The number of carbonyl (C=O) groups is 1. The van der Waals surface area contributed by atoms with Gasteiger partial charge in [-0.05, 0) is 90.6 Å². The summed E-state index contributed by atoms with van der Waals surface area (Å²) in [4.78, 5) is 12.7. The van der Waals surface area contributed by atoms with Crippen molar-refractivity contribution in [2.24, 2.45) is 0 Å². The van der Waals surface area contributed by atoms with E-state index in [2.05, 4.69) is 10.6 Å². The highest BCUT2D eigenvalue weighted by Gasteiger charge is 2.25. The molecular weight excluding hydrogens is 640 g/mol. The summed E-state index contributed by atoms with van der Waals surface area (Å²) in [5, 5.41) is 35.8. The second-order valence-corrected chi connectivity index (χ2v) is 11.8. The molecule has 0 saturated carbocycles. The number of fused-ring (bicyclic) bond motifs is 1. The minimum atomic E-state index is -0.428. The lowest BCUT2D eigenvalue weighted by atomic mass is 10.0. The topological polar surface area (TPSA) is 148 Å².